The van der Waals surface area contributed by atoms with Gasteiger partial charge in [0, 0.05) is 28.9 Å². The molecule has 0 atom stereocenters. The maximum absolute atomic E-state index is 13.2. The molecule has 0 saturated heterocycles. The summed E-state index contributed by atoms with van der Waals surface area (Å²) in [7, 11) is 2.97. The Labute approximate surface area is 142 Å². The van der Waals surface area contributed by atoms with Crippen LogP contribution >= 0.6 is 0 Å². The molecule has 0 aliphatic rings. The number of ketones is 1. The van der Waals surface area contributed by atoms with Gasteiger partial charge in [0.15, 0.2) is 11.5 Å². The number of H-pyrrole nitrogens is 1. The summed E-state index contributed by atoms with van der Waals surface area (Å²) in [6, 6.07) is 8.72. The van der Waals surface area contributed by atoms with E-state index in [1.807, 2.05) is 0 Å². The minimum absolute atomic E-state index is 0.174. The Morgan fingerprint density at radius 2 is 1.80 bits per heavy atom. The van der Waals surface area contributed by atoms with Crippen LogP contribution in [-0.2, 0) is 4.79 Å². The third-order valence-electron chi connectivity index (χ3n) is 3.74. The second-order valence-electron chi connectivity index (χ2n) is 5.25. The van der Waals surface area contributed by atoms with Crippen molar-refractivity contribution in [2.24, 2.45) is 0 Å². The van der Waals surface area contributed by atoms with Gasteiger partial charge in [0.2, 0.25) is 0 Å². The monoisotopic (exact) mass is 342 g/mol. The van der Waals surface area contributed by atoms with E-state index in [9.17, 15) is 14.0 Å². The molecule has 3 aromatic rings. The average Bonchev–Trinajstić information content (AvgIpc) is 3.03. The largest absolute Gasteiger partial charge is 0.493 e. The molecule has 2 aromatic carbocycles. The Morgan fingerprint density at radius 1 is 1.04 bits per heavy atom. The van der Waals surface area contributed by atoms with Crippen molar-refractivity contribution >= 4 is 28.3 Å². The van der Waals surface area contributed by atoms with E-state index in [4.69, 9.17) is 9.47 Å². The van der Waals surface area contributed by atoms with Gasteiger partial charge < -0.3 is 19.8 Å². The Balaban J connectivity index is 1.84. The average molecular weight is 342 g/mol. The molecule has 7 heteroatoms. The standard InChI is InChI=1S/C18H15FN2O4/c1-24-15-6-4-11(8-16(15)25-2)21-18(23)17(22)13-9-20-14-7-10(19)3-5-12(13)14/h3-9,20H,1-2H3,(H,21,23). The predicted octanol–water partition coefficient (Wildman–Crippen LogP) is 3.15. The summed E-state index contributed by atoms with van der Waals surface area (Å²) in [4.78, 5) is 27.4. The Bertz CT molecular complexity index is 965. The van der Waals surface area contributed by atoms with Crippen molar-refractivity contribution in [3.05, 3.63) is 54.0 Å². The van der Waals surface area contributed by atoms with Crippen molar-refractivity contribution in [3.8, 4) is 11.5 Å². The summed E-state index contributed by atoms with van der Waals surface area (Å²) in [6.45, 7) is 0. The van der Waals surface area contributed by atoms with E-state index >= 15 is 0 Å². The van der Waals surface area contributed by atoms with Crippen molar-refractivity contribution in [3.63, 3.8) is 0 Å². The van der Waals surface area contributed by atoms with E-state index in [1.54, 1.807) is 18.2 Å². The summed E-state index contributed by atoms with van der Waals surface area (Å²) in [6.07, 6.45) is 1.39. The van der Waals surface area contributed by atoms with Gasteiger partial charge >= 0.3 is 0 Å². The summed E-state index contributed by atoms with van der Waals surface area (Å²) in [5.41, 5.74) is 1.01. The fourth-order valence-corrected chi connectivity index (χ4v) is 2.51. The molecule has 6 nitrogen and oxygen atoms in total. The number of carbonyl (C=O) groups excluding carboxylic acids is 2. The van der Waals surface area contributed by atoms with Crippen LogP contribution in [0.1, 0.15) is 10.4 Å². The Morgan fingerprint density at radius 3 is 2.52 bits per heavy atom. The van der Waals surface area contributed by atoms with E-state index in [0.29, 0.717) is 28.1 Å². The third-order valence-corrected chi connectivity index (χ3v) is 3.74. The van der Waals surface area contributed by atoms with Gasteiger partial charge in [0.1, 0.15) is 5.82 Å². The number of amides is 1. The minimum Gasteiger partial charge on any atom is -0.493 e. The van der Waals surface area contributed by atoms with Crippen LogP contribution in [0.5, 0.6) is 11.5 Å². The molecule has 0 unspecified atom stereocenters. The maximum Gasteiger partial charge on any atom is 0.296 e. The number of benzene rings is 2. The summed E-state index contributed by atoms with van der Waals surface area (Å²) in [5, 5.41) is 3.00. The molecule has 1 heterocycles. The first-order valence-electron chi connectivity index (χ1n) is 7.38. The van der Waals surface area contributed by atoms with Gasteiger partial charge in [-0.05, 0) is 30.3 Å². The lowest BCUT2D eigenvalue weighted by atomic mass is 10.1. The van der Waals surface area contributed by atoms with E-state index in [0.717, 1.165) is 0 Å². The smallest absolute Gasteiger partial charge is 0.296 e. The molecule has 2 N–H and O–H groups in total. The van der Waals surface area contributed by atoms with Crippen molar-refractivity contribution in [1.82, 2.24) is 4.98 Å². The minimum atomic E-state index is -0.808. The van der Waals surface area contributed by atoms with Gasteiger partial charge in [-0.1, -0.05) is 0 Å². The first-order chi connectivity index (χ1) is 12.0. The molecule has 3 rings (SSSR count). The van der Waals surface area contributed by atoms with Crippen LogP contribution in [0.2, 0.25) is 0 Å². The molecule has 128 valence electrons. The number of carbonyl (C=O) groups is 2. The highest BCUT2D eigenvalue weighted by molar-refractivity contribution is 6.48. The number of anilines is 1. The quantitative estimate of drug-likeness (QED) is 0.551. The highest BCUT2D eigenvalue weighted by atomic mass is 19.1. The van der Waals surface area contributed by atoms with Crippen LogP contribution in [0.4, 0.5) is 10.1 Å². The van der Waals surface area contributed by atoms with Crippen LogP contribution in [0.15, 0.2) is 42.6 Å². The van der Waals surface area contributed by atoms with Gasteiger partial charge in [-0.2, -0.15) is 0 Å². The lowest BCUT2D eigenvalue weighted by Crippen LogP contribution is -2.22. The first kappa shape index (κ1) is 16.5. The number of Topliss-reactive ketones (excluding diaryl/α,β-unsaturated/α-hetero) is 1. The molecule has 0 aliphatic carbocycles. The van der Waals surface area contributed by atoms with Crippen molar-refractivity contribution < 1.29 is 23.5 Å². The van der Waals surface area contributed by atoms with E-state index in [1.165, 1.54) is 38.6 Å². The molecule has 1 aromatic heterocycles. The highest BCUT2D eigenvalue weighted by Gasteiger charge is 2.20. The van der Waals surface area contributed by atoms with Gasteiger partial charge in [0.25, 0.3) is 11.7 Å². The molecular formula is C18H15FN2O4. The van der Waals surface area contributed by atoms with Gasteiger partial charge in [-0.25, -0.2) is 4.39 Å². The molecule has 0 fully saturated rings. The third kappa shape index (κ3) is 3.16. The number of rotatable bonds is 5. The molecule has 0 bridgehead atoms. The van der Waals surface area contributed by atoms with Crippen molar-refractivity contribution in [2.75, 3.05) is 19.5 Å². The van der Waals surface area contributed by atoms with E-state index < -0.39 is 17.5 Å². The van der Waals surface area contributed by atoms with Crippen LogP contribution in [0.3, 0.4) is 0 Å². The zero-order chi connectivity index (χ0) is 18.0. The fraction of sp³-hybridized carbons (Fsp3) is 0.111. The number of nitrogens with one attached hydrogen (secondary N) is 2. The normalized spacial score (nSPS) is 10.5. The molecule has 0 saturated carbocycles. The zero-order valence-corrected chi connectivity index (χ0v) is 13.6. The lowest BCUT2D eigenvalue weighted by molar-refractivity contribution is -0.112. The Hall–Kier alpha value is -3.35. The first-order valence-corrected chi connectivity index (χ1v) is 7.38. The van der Waals surface area contributed by atoms with Crippen LogP contribution in [0, 0.1) is 5.82 Å². The maximum atomic E-state index is 13.2. The molecule has 1 amide bonds. The number of fused-ring (bicyclic) bond motifs is 1. The topological polar surface area (TPSA) is 80.4 Å². The number of methoxy groups -OCH3 is 2. The number of aromatic amines is 1. The van der Waals surface area contributed by atoms with Crippen LogP contribution in [0.25, 0.3) is 10.9 Å². The molecule has 25 heavy (non-hydrogen) atoms. The number of hydrogen-bond acceptors (Lipinski definition) is 4. The Kier molecular flexibility index (Phi) is 4.38. The number of halogens is 1. The molecule has 0 aliphatic heterocycles. The molecule has 0 spiro atoms. The summed E-state index contributed by atoms with van der Waals surface area (Å²) in [5.74, 6) is -1.03. The number of hydrogen-bond donors (Lipinski definition) is 2. The SMILES string of the molecule is COc1ccc(NC(=O)C(=O)c2c[nH]c3cc(F)ccc23)cc1OC. The fourth-order valence-electron chi connectivity index (χ4n) is 2.51. The van der Waals surface area contributed by atoms with Crippen LogP contribution < -0.4 is 14.8 Å². The van der Waals surface area contributed by atoms with Crippen molar-refractivity contribution in [1.29, 1.82) is 0 Å². The summed E-state index contributed by atoms with van der Waals surface area (Å²) < 4.78 is 23.5. The second kappa shape index (κ2) is 6.64. The summed E-state index contributed by atoms with van der Waals surface area (Å²) >= 11 is 0. The van der Waals surface area contributed by atoms with Crippen molar-refractivity contribution in [2.45, 2.75) is 0 Å². The predicted molar refractivity (Wildman–Crippen MR) is 90.8 cm³/mol. The second-order valence-corrected chi connectivity index (χ2v) is 5.25. The zero-order valence-electron chi connectivity index (χ0n) is 13.6. The molecule has 0 radical (unpaired) electrons. The number of ether oxygens (including phenoxy) is 2. The van der Waals surface area contributed by atoms with E-state index in [-0.39, 0.29) is 5.56 Å². The van der Waals surface area contributed by atoms with E-state index in [2.05, 4.69) is 10.3 Å². The van der Waals surface area contributed by atoms with Gasteiger partial charge in [-0.3, -0.25) is 9.59 Å². The number of aromatic nitrogens is 1. The molecular weight excluding hydrogens is 327 g/mol. The van der Waals surface area contributed by atoms with Gasteiger partial charge in [-0.15, -0.1) is 0 Å². The van der Waals surface area contributed by atoms with Crippen LogP contribution in [-0.4, -0.2) is 30.9 Å². The highest BCUT2D eigenvalue weighted by Crippen LogP contribution is 2.30. The van der Waals surface area contributed by atoms with Gasteiger partial charge in [0.05, 0.1) is 19.8 Å². The lowest BCUT2D eigenvalue weighted by Gasteiger charge is -2.10.